The van der Waals surface area contributed by atoms with E-state index in [0.29, 0.717) is 55.0 Å². The fourth-order valence-electron chi connectivity index (χ4n) is 7.14. The summed E-state index contributed by atoms with van der Waals surface area (Å²) in [7, 11) is 0. The number of aliphatic hydroxyl groups is 1. The predicted octanol–water partition coefficient (Wildman–Crippen LogP) is 2.47. The van der Waals surface area contributed by atoms with E-state index in [1.54, 1.807) is 6.92 Å². The molecular formula is C24H29N3O4. The van der Waals surface area contributed by atoms with Crippen molar-refractivity contribution in [1.29, 1.82) is 0 Å². The van der Waals surface area contributed by atoms with Crippen molar-refractivity contribution in [1.82, 2.24) is 15.1 Å². The number of aryl methyl sites for hydroxylation is 1. The van der Waals surface area contributed by atoms with E-state index in [0.717, 1.165) is 19.3 Å². The van der Waals surface area contributed by atoms with Crippen LogP contribution >= 0.6 is 0 Å². The van der Waals surface area contributed by atoms with Crippen LogP contribution in [0, 0.1) is 30.6 Å². The molecule has 2 heterocycles. The van der Waals surface area contributed by atoms with Crippen molar-refractivity contribution >= 4 is 5.91 Å². The molecule has 7 heteroatoms. The maximum absolute atomic E-state index is 13.4. The molecule has 2 aromatic rings. The predicted molar refractivity (Wildman–Crippen MR) is 111 cm³/mol. The molecule has 164 valence electrons. The Bertz CT molecular complexity index is 968. The first-order chi connectivity index (χ1) is 15.0. The first-order valence-corrected chi connectivity index (χ1v) is 11.5. The van der Waals surface area contributed by atoms with Gasteiger partial charge < -0.3 is 19.2 Å². The van der Waals surface area contributed by atoms with Crippen LogP contribution in [0.5, 0.6) is 0 Å². The first-order valence-electron chi connectivity index (χ1n) is 11.5. The summed E-state index contributed by atoms with van der Waals surface area (Å²) in [5.74, 6) is 2.89. The average Bonchev–Trinajstić information content (AvgIpc) is 3.30. The maximum Gasteiger partial charge on any atom is 0.242 e. The Morgan fingerprint density at radius 2 is 2.03 bits per heavy atom. The zero-order chi connectivity index (χ0) is 21.2. The standard InChI is InChI=1S/C24H29N3O4/c1-14-25-26-21(31-14)13-30-18-11-27(12-18)22(28)10-24(16-5-3-2-4-6-16)17-7-15-8-20(24)19(9-17)23(15)29/h2-6,15,17-20,23,29H,7-13H2,1H3/t15?,17?,19?,20?,23-,24?/m0/s1. The third-order valence-corrected chi connectivity index (χ3v) is 8.50. The molecule has 7 nitrogen and oxygen atoms in total. The Balaban J connectivity index is 1.15. The van der Waals surface area contributed by atoms with E-state index in [-0.39, 0.29) is 30.1 Å². The summed E-state index contributed by atoms with van der Waals surface area (Å²) in [4.78, 5) is 15.3. The highest BCUT2D eigenvalue weighted by Crippen LogP contribution is 2.68. The second-order valence-electron chi connectivity index (χ2n) is 9.95. The molecule has 7 rings (SSSR count). The van der Waals surface area contributed by atoms with Crippen molar-refractivity contribution in [2.75, 3.05) is 13.1 Å². The van der Waals surface area contributed by atoms with Crippen molar-refractivity contribution in [3.8, 4) is 0 Å². The molecule has 1 aliphatic heterocycles. The van der Waals surface area contributed by atoms with Crippen LogP contribution < -0.4 is 0 Å². The highest BCUT2D eigenvalue weighted by atomic mass is 16.5. The molecule has 5 fully saturated rings. The van der Waals surface area contributed by atoms with Crippen LogP contribution in [-0.4, -0.2) is 51.4 Å². The number of hydrogen-bond donors (Lipinski definition) is 1. The number of rotatable bonds is 6. The van der Waals surface area contributed by atoms with Gasteiger partial charge in [0.25, 0.3) is 0 Å². The normalized spacial score (nSPS) is 36.2. The second kappa shape index (κ2) is 7.14. The molecule has 4 saturated carbocycles. The SMILES string of the molecule is Cc1nnc(COC2CN(C(=O)CC3(c4ccccc4)C4CC5CC3C(C4)[C@H]5O)C2)o1. The Hall–Kier alpha value is -2.25. The van der Waals surface area contributed by atoms with Gasteiger partial charge in [0.05, 0.1) is 12.2 Å². The molecule has 1 N–H and O–H groups in total. The molecule has 6 atom stereocenters. The van der Waals surface area contributed by atoms with Gasteiger partial charge in [-0.25, -0.2) is 0 Å². The van der Waals surface area contributed by atoms with Gasteiger partial charge in [0.1, 0.15) is 6.61 Å². The summed E-state index contributed by atoms with van der Waals surface area (Å²) < 4.78 is 11.2. The summed E-state index contributed by atoms with van der Waals surface area (Å²) in [5.41, 5.74) is 1.15. The lowest BCUT2D eigenvalue weighted by atomic mass is 9.59. The summed E-state index contributed by atoms with van der Waals surface area (Å²) in [5, 5.41) is 18.5. The number of carbonyl (C=O) groups is 1. The van der Waals surface area contributed by atoms with E-state index in [4.69, 9.17) is 9.15 Å². The topological polar surface area (TPSA) is 88.7 Å². The molecule has 31 heavy (non-hydrogen) atoms. The lowest BCUT2D eigenvalue weighted by Crippen LogP contribution is -2.56. The van der Waals surface area contributed by atoms with Gasteiger partial charge in [-0.3, -0.25) is 4.79 Å². The van der Waals surface area contributed by atoms with Crippen LogP contribution in [0.1, 0.15) is 43.0 Å². The van der Waals surface area contributed by atoms with E-state index in [2.05, 4.69) is 34.5 Å². The van der Waals surface area contributed by atoms with Crippen molar-refractivity contribution in [2.24, 2.45) is 23.7 Å². The third-order valence-electron chi connectivity index (χ3n) is 8.50. The number of nitrogens with zero attached hydrogens (tertiary/aromatic N) is 3. The van der Waals surface area contributed by atoms with Crippen molar-refractivity contribution in [2.45, 2.75) is 56.8 Å². The van der Waals surface area contributed by atoms with Crippen LogP contribution in [0.15, 0.2) is 34.7 Å². The van der Waals surface area contributed by atoms with E-state index < -0.39 is 0 Å². The van der Waals surface area contributed by atoms with Gasteiger partial charge in [-0.05, 0) is 48.5 Å². The Kier molecular flexibility index (Phi) is 4.47. The fourth-order valence-corrected chi connectivity index (χ4v) is 7.14. The number of aliphatic hydroxyl groups excluding tert-OH is 1. The fraction of sp³-hybridized carbons (Fsp3) is 0.625. The van der Waals surface area contributed by atoms with Gasteiger partial charge >= 0.3 is 0 Å². The first kappa shape index (κ1) is 19.4. The number of hydrogen-bond acceptors (Lipinski definition) is 6. The molecule has 4 aliphatic carbocycles. The van der Waals surface area contributed by atoms with Gasteiger partial charge in [0, 0.05) is 31.8 Å². The quantitative estimate of drug-likeness (QED) is 0.768. The highest BCUT2D eigenvalue weighted by molar-refractivity contribution is 5.79. The van der Waals surface area contributed by atoms with Crippen molar-refractivity contribution < 1.29 is 19.1 Å². The van der Waals surface area contributed by atoms with Gasteiger partial charge in [0.2, 0.25) is 17.7 Å². The minimum Gasteiger partial charge on any atom is -0.423 e. The smallest absolute Gasteiger partial charge is 0.242 e. The lowest BCUT2D eigenvalue weighted by Gasteiger charge is -2.47. The van der Waals surface area contributed by atoms with Gasteiger partial charge in [-0.1, -0.05) is 30.3 Å². The van der Waals surface area contributed by atoms with Crippen LogP contribution in [0.3, 0.4) is 0 Å². The van der Waals surface area contributed by atoms with Crippen molar-refractivity contribution in [3.05, 3.63) is 47.7 Å². The van der Waals surface area contributed by atoms with Crippen LogP contribution in [-0.2, 0) is 21.6 Å². The number of amides is 1. The molecule has 0 radical (unpaired) electrons. The van der Waals surface area contributed by atoms with Gasteiger partial charge in [-0.2, -0.15) is 0 Å². The van der Waals surface area contributed by atoms with E-state index in [1.165, 1.54) is 5.56 Å². The molecule has 1 saturated heterocycles. The van der Waals surface area contributed by atoms with Crippen LogP contribution in [0.2, 0.25) is 0 Å². The van der Waals surface area contributed by atoms with E-state index in [9.17, 15) is 9.90 Å². The molecule has 4 bridgehead atoms. The van der Waals surface area contributed by atoms with Gasteiger partial charge in [0.15, 0.2) is 0 Å². The number of aromatic nitrogens is 2. The summed E-state index contributed by atoms with van der Waals surface area (Å²) in [6, 6.07) is 10.6. The molecule has 1 aromatic carbocycles. The lowest BCUT2D eigenvalue weighted by molar-refractivity contribution is -0.149. The molecule has 5 unspecified atom stereocenters. The number of carbonyl (C=O) groups excluding carboxylic acids is 1. The largest absolute Gasteiger partial charge is 0.423 e. The minimum absolute atomic E-state index is 0.0153. The monoisotopic (exact) mass is 423 g/mol. The number of likely N-dealkylation sites (tertiary alicyclic amines) is 1. The average molecular weight is 424 g/mol. The Morgan fingerprint density at radius 3 is 2.77 bits per heavy atom. The second-order valence-corrected chi connectivity index (χ2v) is 9.95. The summed E-state index contributed by atoms with van der Waals surface area (Å²) in [6.07, 6.45) is 3.53. The van der Waals surface area contributed by atoms with Crippen molar-refractivity contribution in [3.63, 3.8) is 0 Å². The maximum atomic E-state index is 13.4. The summed E-state index contributed by atoms with van der Waals surface area (Å²) in [6.45, 7) is 3.26. The van der Waals surface area contributed by atoms with Gasteiger partial charge in [-0.15, -0.1) is 10.2 Å². The minimum atomic E-state index is -0.183. The molecule has 0 spiro atoms. The summed E-state index contributed by atoms with van der Waals surface area (Å²) >= 11 is 0. The zero-order valence-corrected chi connectivity index (χ0v) is 17.8. The van der Waals surface area contributed by atoms with Crippen LogP contribution in [0.25, 0.3) is 0 Å². The third kappa shape index (κ3) is 2.97. The Labute approximate surface area is 181 Å². The molecule has 1 aromatic heterocycles. The number of ether oxygens (including phenoxy) is 1. The van der Waals surface area contributed by atoms with E-state index >= 15 is 0 Å². The molecule has 1 amide bonds. The molecular weight excluding hydrogens is 394 g/mol. The highest BCUT2D eigenvalue weighted by Gasteiger charge is 2.66. The zero-order valence-electron chi connectivity index (χ0n) is 17.8. The Morgan fingerprint density at radius 1 is 1.23 bits per heavy atom. The van der Waals surface area contributed by atoms with E-state index in [1.807, 2.05) is 11.0 Å². The van der Waals surface area contributed by atoms with Crippen LogP contribution in [0.4, 0.5) is 0 Å². The molecule has 5 aliphatic rings. The number of benzene rings is 1.